The third-order valence-corrected chi connectivity index (χ3v) is 5.32. The molecule has 1 unspecified atom stereocenters. The topological polar surface area (TPSA) is 77.6 Å². The van der Waals surface area contributed by atoms with E-state index in [1.54, 1.807) is 37.7 Å². The van der Waals surface area contributed by atoms with Crippen LogP contribution in [0.1, 0.15) is 24.9 Å². The average Bonchev–Trinajstić information content (AvgIpc) is 3.24. The van der Waals surface area contributed by atoms with Gasteiger partial charge in [0, 0.05) is 30.9 Å². The van der Waals surface area contributed by atoms with Crippen molar-refractivity contribution in [2.45, 2.75) is 25.9 Å². The molecule has 0 aliphatic heterocycles. The molecule has 0 saturated carbocycles. The molecule has 0 fully saturated rings. The van der Waals surface area contributed by atoms with Crippen LogP contribution in [0, 0.1) is 5.82 Å². The summed E-state index contributed by atoms with van der Waals surface area (Å²) in [6.45, 7) is 2.15. The first kappa shape index (κ1) is 21.3. The molecule has 2 heterocycles. The van der Waals surface area contributed by atoms with Gasteiger partial charge in [0.2, 0.25) is 5.91 Å². The molecule has 164 valence electrons. The Labute approximate surface area is 184 Å². The summed E-state index contributed by atoms with van der Waals surface area (Å²) < 4.78 is 21.3. The van der Waals surface area contributed by atoms with Gasteiger partial charge in [0.15, 0.2) is 0 Å². The molecule has 0 aliphatic carbocycles. The van der Waals surface area contributed by atoms with Crippen LogP contribution in [-0.4, -0.2) is 27.2 Å². The van der Waals surface area contributed by atoms with Crippen molar-refractivity contribution < 1.29 is 13.9 Å². The molecular weight excluding hydrogens is 411 g/mol. The molecule has 8 heteroatoms. The molecule has 1 atom stereocenters. The molecule has 2 aromatic heterocycles. The van der Waals surface area contributed by atoms with E-state index in [0.717, 1.165) is 11.3 Å². The van der Waals surface area contributed by atoms with E-state index >= 15 is 0 Å². The Morgan fingerprint density at radius 1 is 1.12 bits per heavy atom. The fraction of sp³-hybridized carbons (Fsp3) is 0.208. The summed E-state index contributed by atoms with van der Waals surface area (Å²) in [5.74, 6) is 0.268. The lowest BCUT2D eigenvalue weighted by molar-refractivity contribution is -0.121. The highest BCUT2D eigenvalue weighted by molar-refractivity contribution is 5.76. The summed E-state index contributed by atoms with van der Waals surface area (Å²) in [7, 11) is 1.60. The normalized spacial score (nSPS) is 12.0. The molecular formula is C24H23FN4O3. The summed E-state index contributed by atoms with van der Waals surface area (Å²) in [6.07, 6.45) is 3.44. The zero-order valence-electron chi connectivity index (χ0n) is 17.8. The van der Waals surface area contributed by atoms with Crippen LogP contribution in [0.3, 0.4) is 0 Å². The van der Waals surface area contributed by atoms with E-state index in [0.29, 0.717) is 16.8 Å². The Morgan fingerprint density at radius 2 is 1.84 bits per heavy atom. The van der Waals surface area contributed by atoms with Crippen molar-refractivity contribution in [3.05, 3.63) is 88.7 Å². The summed E-state index contributed by atoms with van der Waals surface area (Å²) in [6, 6.07) is 14.9. The first-order chi connectivity index (χ1) is 15.4. The Balaban J connectivity index is 1.43. The van der Waals surface area contributed by atoms with Crippen molar-refractivity contribution in [2.24, 2.45) is 0 Å². The predicted octanol–water partition coefficient (Wildman–Crippen LogP) is 3.58. The number of methoxy groups -OCH3 is 1. The van der Waals surface area contributed by atoms with E-state index in [2.05, 4.69) is 10.4 Å². The molecule has 4 rings (SSSR count). The van der Waals surface area contributed by atoms with Crippen LogP contribution in [0.25, 0.3) is 16.8 Å². The molecule has 0 saturated heterocycles. The quantitative estimate of drug-likeness (QED) is 0.482. The van der Waals surface area contributed by atoms with Crippen LogP contribution in [0.2, 0.25) is 0 Å². The largest absolute Gasteiger partial charge is 0.497 e. The molecule has 1 amide bonds. The fourth-order valence-electron chi connectivity index (χ4n) is 3.48. The van der Waals surface area contributed by atoms with Crippen molar-refractivity contribution in [2.75, 3.05) is 7.11 Å². The third kappa shape index (κ3) is 4.54. The smallest absolute Gasteiger partial charge is 0.276 e. The average molecular weight is 434 g/mol. The number of nitrogens with zero attached hydrogens (tertiary/aromatic N) is 3. The number of amides is 1. The summed E-state index contributed by atoms with van der Waals surface area (Å²) in [4.78, 5) is 25.3. The zero-order valence-corrected chi connectivity index (χ0v) is 17.8. The number of rotatable bonds is 7. The van der Waals surface area contributed by atoms with Gasteiger partial charge in [0.1, 0.15) is 17.1 Å². The molecule has 32 heavy (non-hydrogen) atoms. The van der Waals surface area contributed by atoms with Gasteiger partial charge >= 0.3 is 0 Å². The van der Waals surface area contributed by atoms with Gasteiger partial charge in [-0.3, -0.25) is 9.59 Å². The number of benzene rings is 2. The van der Waals surface area contributed by atoms with Gasteiger partial charge in [-0.25, -0.2) is 8.91 Å². The summed E-state index contributed by atoms with van der Waals surface area (Å²) in [5.41, 5.74) is 2.40. The van der Waals surface area contributed by atoms with Crippen molar-refractivity contribution in [3.8, 4) is 17.0 Å². The Bertz CT molecular complexity index is 1290. The third-order valence-electron chi connectivity index (χ3n) is 5.32. The minimum absolute atomic E-state index is 0.152. The second-order valence-corrected chi connectivity index (χ2v) is 7.48. The standard InChI is InChI=1S/C24H23FN4O3/c1-16(17-5-9-20(32-2)10-6-17)26-23(30)11-12-28-13-14-29-22(24(28)31)15-21(27-29)18-3-7-19(25)8-4-18/h3-10,13-16H,11-12H2,1-2H3,(H,26,30). The van der Waals surface area contributed by atoms with Crippen molar-refractivity contribution >= 4 is 11.4 Å². The molecule has 4 aromatic rings. The molecule has 0 bridgehead atoms. The number of carbonyl (C=O) groups excluding carboxylic acids is 1. The predicted molar refractivity (Wildman–Crippen MR) is 119 cm³/mol. The van der Waals surface area contributed by atoms with Gasteiger partial charge in [0.05, 0.1) is 18.8 Å². The lowest BCUT2D eigenvalue weighted by Crippen LogP contribution is -2.29. The lowest BCUT2D eigenvalue weighted by Gasteiger charge is -2.15. The maximum absolute atomic E-state index is 13.2. The highest BCUT2D eigenvalue weighted by Gasteiger charge is 2.12. The van der Waals surface area contributed by atoms with Crippen molar-refractivity contribution in [1.29, 1.82) is 0 Å². The van der Waals surface area contributed by atoms with Crippen LogP contribution in [-0.2, 0) is 11.3 Å². The van der Waals surface area contributed by atoms with Gasteiger partial charge in [-0.05, 0) is 55.0 Å². The minimum atomic E-state index is -0.334. The number of hydrogen-bond donors (Lipinski definition) is 1. The molecule has 0 radical (unpaired) electrons. The first-order valence-corrected chi connectivity index (χ1v) is 10.2. The maximum Gasteiger partial charge on any atom is 0.276 e. The number of aromatic nitrogens is 3. The van der Waals surface area contributed by atoms with Crippen molar-refractivity contribution in [3.63, 3.8) is 0 Å². The van der Waals surface area contributed by atoms with Crippen LogP contribution in [0.5, 0.6) is 5.75 Å². The number of fused-ring (bicyclic) bond motifs is 1. The van der Waals surface area contributed by atoms with Crippen LogP contribution in [0.15, 0.2) is 71.8 Å². The molecule has 7 nitrogen and oxygen atoms in total. The highest BCUT2D eigenvalue weighted by atomic mass is 19.1. The zero-order chi connectivity index (χ0) is 22.7. The Kier molecular flexibility index (Phi) is 6.02. The van der Waals surface area contributed by atoms with E-state index in [-0.39, 0.29) is 36.3 Å². The van der Waals surface area contributed by atoms with Gasteiger partial charge < -0.3 is 14.6 Å². The number of halogens is 1. The molecule has 2 aromatic carbocycles. The second-order valence-electron chi connectivity index (χ2n) is 7.48. The fourth-order valence-corrected chi connectivity index (χ4v) is 3.48. The lowest BCUT2D eigenvalue weighted by atomic mass is 10.1. The van der Waals surface area contributed by atoms with Gasteiger partial charge in [-0.15, -0.1) is 0 Å². The molecule has 0 aliphatic rings. The molecule has 0 spiro atoms. The Morgan fingerprint density at radius 3 is 2.53 bits per heavy atom. The van der Waals surface area contributed by atoms with E-state index in [1.807, 2.05) is 31.2 Å². The Hall–Kier alpha value is -3.94. The maximum atomic E-state index is 13.2. The molecule has 1 N–H and O–H groups in total. The number of aryl methyl sites for hydroxylation is 1. The number of ether oxygens (including phenoxy) is 1. The number of carbonyl (C=O) groups is 1. The minimum Gasteiger partial charge on any atom is -0.497 e. The van der Waals surface area contributed by atoms with Crippen LogP contribution < -0.4 is 15.6 Å². The summed E-state index contributed by atoms with van der Waals surface area (Å²) in [5, 5.41) is 7.34. The van der Waals surface area contributed by atoms with Crippen LogP contribution in [0.4, 0.5) is 4.39 Å². The first-order valence-electron chi connectivity index (χ1n) is 10.2. The SMILES string of the molecule is COc1ccc(C(C)NC(=O)CCn2ccn3nc(-c4ccc(F)cc4)cc3c2=O)cc1. The number of hydrogen-bond acceptors (Lipinski definition) is 4. The van der Waals surface area contributed by atoms with E-state index in [9.17, 15) is 14.0 Å². The van der Waals surface area contributed by atoms with E-state index < -0.39 is 0 Å². The highest BCUT2D eigenvalue weighted by Crippen LogP contribution is 2.19. The van der Waals surface area contributed by atoms with Gasteiger partial charge in [-0.2, -0.15) is 5.10 Å². The summed E-state index contributed by atoms with van der Waals surface area (Å²) >= 11 is 0. The van der Waals surface area contributed by atoms with E-state index in [1.165, 1.54) is 21.2 Å². The van der Waals surface area contributed by atoms with Crippen molar-refractivity contribution in [1.82, 2.24) is 19.5 Å². The van der Waals surface area contributed by atoms with Gasteiger partial charge in [0.25, 0.3) is 5.56 Å². The van der Waals surface area contributed by atoms with E-state index in [4.69, 9.17) is 4.74 Å². The van der Waals surface area contributed by atoms with Crippen LogP contribution >= 0.6 is 0 Å². The monoisotopic (exact) mass is 434 g/mol. The van der Waals surface area contributed by atoms with Gasteiger partial charge in [-0.1, -0.05) is 12.1 Å². The number of nitrogens with one attached hydrogen (secondary N) is 1. The second kappa shape index (κ2) is 9.05.